The number of hydrogen-bond donors (Lipinski definition) is 2. The second kappa shape index (κ2) is 7.09. The molecule has 0 radical (unpaired) electrons. The highest BCUT2D eigenvalue weighted by Gasteiger charge is 2.18. The third-order valence-electron chi connectivity index (χ3n) is 3.54. The molecule has 2 N–H and O–H groups in total. The largest absolute Gasteiger partial charge is 0.489 e. The van der Waals surface area contributed by atoms with Gasteiger partial charge in [0, 0.05) is 0 Å². The molecule has 0 aliphatic carbocycles. The first-order chi connectivity index (χ1) is 10.5. The van der Waals surface area contributed by atoms with E-state index in [4.69, 9.17) is 14.9 Å². The monoisotopic (exact) mass is 299 g/mol. The van der Waals surface area contributed by atoms with E-state index in [0.717, 1.165) is 22.4 Å². The van der Waals surface area contributed by atoms with Crippen molar-refractivity contribution in [3.05, 3.63) is 64.7 Å². The molecular weight excluding hydrogens is 278 g/mol. The average Bonchev–Trinajstić information content (AvgIpc) is 2.54. The normalized spacial score (nSPS) is 11.8. The Hall–Kier alpha value is -2.33. The van der Waals surface area contributed by atoms with Crippen LogP contribution < -0.4 is 4.74 Å². The summed E-state index contributed by atoms with van der Waals surface area (Å²) in [5.41, 5.74) is 3.65. The van der Waals surface area contributed by atoms with Gasteiger partial charge in [0.25, 0.3) is 0 Å². The molecule has 0 spiro atoms. The summed E-state index contributed by atoms with van der Waals surface area (Å²) >= 11 is 0. The molecule has 116 valence electrons. The van der Waals surface area contributed by atoms with Gasteiger partial charge in [-0.05, 0) is 42.2 Å². The Labute approximate surface area is 130 Å². The van der Waals surface area contributed by atoms with E-state index in [-0.39, 0.29) is 5.90 Å². The maximum atomic E-state index is 10.2. The lowest BCUT2D eigenvalue weighted by atomic mass is 10.0. The zero-order chi connectivity index (χ0) is 16.1. The number of rotatable bonds is 5. The fourth-order valence-electron chi connectivity index (χ4n) is 2.20. The lowest BCUT2D eigenvalue weighted by molar-refractivity contribution is 0.201. The van der Waals surface area contributed by atoms with Crippen LogP contribution in [-0.4, -0.2) is 18.1 Å². The van der Waals surface area contributed by atoms with Crippen LogP contribution in [0.15, 0.2) is 42.5 Å². The number of nitrogens with one attached hydrogen (secondary N) is 1. The molecule has 0 fully saturated rings. The van der Waals surface area contributed by atoms with Crippen molar-refractivity contribution in [3.63, 3.8) is 0 Å². The SMILES string of the molecule is COC(=N)C(O)c1ccccc1COc1cc(C)ccc1C. The minimum atomic E-state index is -1.08. The van der Waals surface area contributed by atoms with Crippen LogP contribution in [0.25, 0.3) is 0 Å². The predicted molar refractivity (Wildman–Crippen MR) is 86.4 cm³/mol. The summed E-state index contributed by atoms with van der Waals surface area (Å²) in [6, 6.07) is 13.4. The first-order valence-corrected chi connectivity index (χ1v) is 7.11. The molecule has 2 aromatic carbocycles. The van der Waals surface area contributed by atoms with Gasteiger partial charge in [-0.2, -0.15) is 0 Å². The summed E-state index contributed by atoms with van der Waals surface area (Å²) in [5.74, 6) is 0.644. The molecule has 2 aromatic rings. The van der Waals surface area contributed by atoms with Gasteiger partial charge in [-0.25, -0.2) is 0 Å². The van der Waals surface area contributed by atoms with Crippen LogP contribution in [0.5, 0.6) is 5.75 Å². The van der Waals surface area contributed by atoms with E-state index >= 15 is 0 Å². The molecule has 0 heterocycles. The molecule has 2 rings (SSSR count). The summed E-state index contributed by atoms with van der Waals surface area (Å²) in [4.78, 5) is 0. The van der Waals surface area contributed by atoms with Gasteiger partial charge < -0.3 is 14.6 Å². The molecule has 0 saturated carbocycles. The van der Waals surface area contributed by atoms with Crippen molar-refractivity contribution < 1.29 is 14.6 Å². The quantitative estimate of drug-likeness (QED) is 0.655. The van der Waals surface area contributed by atoms with Crippen LogP contribution in [0, 0.1) is 19.3 Å². The Morgan fingerprint density at radius 2 is 1.91 bits per heavy atom. The fourth-order valence-corrected chi connectivity index (χ4v) is 2.20. The number of hydrogen-bond acceptors (Lipinski definition) is 4. The molecule has 1 unspecified atom stereocenters. The van der Waals surface area contributed by atoms with Gasteiger partial charge in [-0.15, -0.1) is 0 Å². The third kappa shape index (κ3) is 3.65. The Kier molecular flexibility index (Phi) is 5.17. The highest BCUT2D eigenvalue weighted by atomic mass is 16.5. The Morgan fingerprint density at radius 1 is 1.18 bits per heavy atom. The third-order valence-corrected chi connectivity index (χ3v) is 3.54. The van der Waals surface area contributed by atoms with Crippen molar-refractivity contribution in [1.82, 2.24) is 0 Å². The Morgan fingerprint density at radius 3 is 2.64 bits per heavy atom. The van der Waals surface area contributed by atoms with Crippen LogP contribution in [0.2, 0.25) is 0 Å². The van der Waals surface area contributed by atoms with E-state index in [1.807, 2.05) is 50.2 Å². The summed E-state index contributed by atoms with van der Waals surface area (Å²) in [7, 11) is 1.38. The van der Waals surface area contributed by atoms with Crippen molar-refractivity contribution in [2.75, 3.05) is 7.11 Å². The molecule has 1 atom stereocenters. The van der Waals surface area contributed by atoms with Crippen LogP contribution in [0.3, 0.4) is 0 Å². The number of aliphatic hydroxyl groups excluding tert-OH is 1. The lowest BCUT2D eigenvalue weighted by Crippen LogP contribution is -2.15. The molecule has 4 heteroatoms. The maximum absolute atomic E-state index is 10.2. The molecule has 0 bridgehead atoms. The van der Waals surface area contributed by atoms with Crippen LogP contribution in [0.4, 0.5) is 0 Å². The van der Waals surface area contributed by atoms with Crippen molar-refractivity contribution in [3.8, 4) is 5.75 Å². The molecule has 0 aliphatic rings. The smallest absolute Gasteiger partial charge is 0.214 e. The second-order valence-electron chi connectivity index (χ2n) is 5.23. The minimum Gasteiger partial charge on any atom is -0.489 e. The highest BCUT2D eigenvalue weighted by Crippen LogP contribution is 2.24. The Balaban J connectivity index is 2.20. The summed E-state index contributed by atoms with van der Waals surface area (Å²) in [6.45, 7) is 4.34. The minimum absolute atomic E-state index is 0.181. The number of methoxy groups -OCH3 is 1. The van der Waals surface area contributed by atoms with Gasteiger partial charge in [0.05, 0.1) is 7.11 Å². The van der Waals surface area contributed by atoms with Gasteiger partial charge in [0.2, 0.25) is 5.90 Å². The molecule has 0 aliphatic heterocycles. The fraction of sp³-hybridized carbons (Fsp3) is 0.278. The van der Waals surface area contributed by atoms with Crippen LogP contribution >= 0.6 is 0 Å². The van der Waals surface area contributed by atoms with Gasteiger partial charge in [0.1, 0.15) is 12.4 Å². The summed E-state index contributed by atoms with van der Waals surface area (Å²) in [6.07, 6.45) is -1.08. The van der Waals surface area contributed by atoms with E-state index in [0.29, 0.717) is 12.2 Å². The number of benzene rings is 2. The summed E-state index contributed by atoms with van der Waals surface area (Å²) < 4.78 is 10.7. The zero-order valence-electron chi connectivity index (χ0n) is 13.1. The maximum Gasteiger partial charge on any atom is 0.214 e. The molecule has 0 saturated heterocycles. The van der Waals surface area contributed by atoms with Crippen molar-refractivity contribution in [2.24, 2.45) is 0 Å². The van der Waals surface area contributed by atoms with E-state index in [2.05, 4.69) is 0 Å². The average molecular weight is 299 g/mol. The Bertz CT molecular complexity index is 667. The highest BCUT2D eigenvalue weighted by molar-refractivity contribution is 5.79. The predicted octanol–water partition coefficient (Wildman–Crippen LogP) is 3.54. The summed E-state index contributed by atoms with van der Waals surface area (Å²) in [5, 5.41) is 17.8. The topological polar surface area (TPSA) is 62.5 Å². The van der Waals surface area contributed by atoms with Gasteiger partial charge >= 0.3 is 0 Å². The zero-order valence-corrected chi connectivity index (χ0v) is 13.1. The van der Waals surface area contributed by atoms with Crippen molar-refractivity contribution >= 4 is 5.90 Å². The first kappa shape index (κ1) is 16.0. The number of ether oxygens (including phenoxy) is 2. The van der Waals surface area contributed by atoms with E-state index < -0.39 is 6.10 Å². The molecule has 4 nitrogen and oxygen atoms in total. The van der Waals surface area contributed by atoms with Crippen LogP contribution in [-0.2, 0) is 11.3 Å². The van der Waals surface area contributed by atoms with Crippen molar-refractivity contribution in [2.45, 2.75) is 26.6 Å². The van der Waals surface area contributed by atoms with Gasteiger partial charge in [-0.1, -0.05) is 36.4 Å². The van der Waals surface area contributed by atoms with E-state index in [1.165, 1.54) is 7.11 Å². The van der Waals surface area contributed by atoms with E-state index in [9.17, 15) is 5.11 Å². The van der Waals surface area contributed by atoms with Gasteiger partial charge in [0.15, 0.2) is 6.10 Å². The first-order valence-electron chi connectivity index (χ1n) is 7.11. The molecule has 22 heavy (non-hydrogen) atoms. The standard InChI is InChI=1S/C18H21NO3/c1-12-8-9-13(2)16(10-12)22-11-14-6-4-5-7-15(14)17(20)18(19)21-3/h4-10,17,19-20H,11H2,1-3H3. The molecular formula is C18H21NO3. The lowest BCUT2D eigenvalue weighted by Gasteiger charge is -2.17. The van der Waals surface area contributed by atoms with E-state index in [1.54, 1.807) is 6.07 Å². The second-order valence-corrected chi connectivity index (χ2v) is 5.23. The number of aliphatic hydroxyl groups is 1. The van der Waals surface area contributed by atoms with Crippen molar-refractivity contribution in [1.29, 1.82) is 5.41 Å². The number of aryl methyl sites for hydroxylation is 2. The van der Waals surface area contributed by atoms with Gasteiger partial charge in [-0.3, -0.25) is 5.41 Å². The molecule has 0 aromatic heterocycles. The molecule has 0 amide bonds. The van der Waals surface area contributed by atoms with Crippen LogP contribution in [0.1, 0.15) is 28.4 Å².